The van der Waals surface area contributed by atoms with E-state index in [4.69, 9.17) is 0 Å². The molecule has 0 amide bonds. The van der Waals surface area contributed by atoms with Crippen molar-refractivity contribution in [2.45, 2.75) is 38.0 Å². The highest BCUT2D eigenvalue weighted by molar-refractivity contribution is 5.20. The molecule has 7 nitrogen and oxygen atoms in total. The molecule has 2 aromatic heterocycles. The highest BCUT2D eigenvalue weighted by atomic mass is 15.5. The molecule has 0 saturated carbocycles. The lowest BCUT2D eigenvalue weighted by Crippen LogP contribution is -2.36. The van der Waals surface area contributed by atoms with Gasteiger partial charge in [-0.25, -0.2) is 4.68 Å². The molecular weight excluding hydrogens is 278 g/mol. The first-order valence-electron chi connectivity index (χ1n) is 8.00. The zero-order valence-electron chi connectivity index (χ0n) is 13.3. The Hall–Kier alpha value is -1.73. The molecule has 0 aliphatic carbocycles. The fraction of sp³-hybridized carbons (Fsp3) is 0.667. The molecule has 0 bridgehead atoms. The summed E-state index contributed by atoms with van der Waals surface area (Å²) in [6.07, 6.45) is 8.20. The Bertz CT molecular complexity index is 630. The second kappa shape index (κ2) is 5.48. The minimum atomic E-state index is 0.362. The van der Waals surface area contributed by atoms with Crippen molar-refractivity contribution in [2.24, 2.45) is 0 Å². The van der Waals surface area contributed by atoms with Crippen molar-refractivity contribution in [1.29, 1.82) is 0 Å². The number of likely N-dealkylation sites (tertiary alicyclic amines) is 1. The van der Waals surface area contributed by atoms with Crippen LogP contribution in [0, 0.1) is 0 Å². The standard InChI is InChI=1S/C15H23N7/c1-19(2)14-10-20(11-15(14)22-7-5-16-18-22)9-12-8-17-21-6-3-4-13(12)21/h5,7-8,14-15H,3-4,6,9-11H2,1-2H3/t14-,15+/m1/s1. The van der Waals surface area contributed by atoms with Gasteiger partial charge >= 0.3 is 0 Å². The van der Waals surface area contributed by atoms with Crippen LogP contribution >= 0.6 is 0 Å². The molecule has 1 fully saturated rings. The van der Waals surface area contributed by atoms with Crippen LogP contribution in [-0.4, -0.2) is 67.8 Å². The van der Waals surface area contributed by atoms with E-state index in [1.54, 1.807) is 6.20 Å². The van der Waals surface area contributed by atoms with Gasteiger partial charge in [0.05, 0.1) is 18.4 Å². The normalized spacial score (nSPS) is 25.2. The molecule has 2 atom stereocenters. The summed E-state index contributed by atoms with van der Waals surface area (Å²) < 4.78 is 4.18. The molecule has 4 rings (SSSR count). The van der Waals surface area contributed by atoms with E-state index in [-0.39, 0.29) is 0 Å². The molecule has 2 aromatic rings. The summed E-state index contributed by atoms with van der Waals surface area (Å²) in [5.74, 6) is 0. The van der Waals surface area contributed by atoms with Gasteiger partial charge in [-0.3, -0.25) is 9.58 Å². The minimum absolute atomic E-state index is 0.362. The van der Waals surface area contributed by atoms with E-state index in [0.29, 0.717) is 12.1 Å². The van der Waals surface area contributed by atoms with E-state index in [0.717, 1.165) is 26.2 Å². The van der Waals surface area contributed by atoms with Gasteiger partial charge in [0.1, 0.15) is 0 Å². The van der Waals surface area contributed by atoms with Gasteiger partial charge < -0.3 is 4.90 Å². The number of rotatable bonds is 4. The van der Waals surface area contributed by atoms with E-state index < -0.39 is 0 Å². The molecule has 0 radical (unpaired) electrons. The molecule has 118 valence electrons. The maximum Gasteiger partial charge on any atom is 0.0831 e. The third kappa shape index (κ3) is 2.34. The Balaban J connectivity index is 1.51. The lowest BCUT2D eigenvalue weighted by atomic mass is 10.1. The fourth-order valence-corrected chi connectivity index (χ4v) is 3.84. The smallest absolute Gasteiger partial charge is 0.0831 e. The number of aromatic nitrogens is 5. The van der Waals surface area contributed by atoms with Gasteiger partial charge in [-0.05, 0) is 26.9 Å². The van der Waals surface area contributed by atoms with E-state index in [2.05, 4.69) is 50.2 Å². The Morgan fingerprint density at radius 3 is 3.00 bits per heavy atom. The van der Waals surface area contributed by atoms with Crippen LogP contribution in [0.5, 0.6) is 0 Å². The van der Waals surface area contributed by atoms with Crippen LogP contribution in [0.3, 0.4) is 0 Å². The molecule has 0 aromatic carbocycles. The predicted octanol–water partition coefficient (Wildman–Crippen LogP) is 0.408. The number of hydrogen-bond acceptors (Lipinski definition) is 5. The summed E-state index contributed by atoms with van der Waals surface area (Å²) in [5.41, 5.74) is 2.83. The van der Waals surface area contributed by atoms with Crippen molar-refractivity contribution in [3.8, 4) is 0 Å². The predicted molar refractivity (Wildman–Crippen MR) is 82.4 cm³/mol. The topological polar surface area (TPSA) is 55.0 Å². The molecule has 7 heteroatoms. The molecule has 2 aliphatic rings. The molecule has 4 heterocycles. The molecule has 1 saturated heterocycles. The summed E-state index contributed by atoms with van der Waals surface area (Å²) >= 11 is 0. The van der Waals surface area contributed by atoms with Crippen molar-refractivity contribution in [3.63, 3.8) is 0 Å². The molecular formula is C15H23N7. The van der Waals surface area contributed by atoms with Crippen LogP contribution in [0.1, 0.15) is 23.7 Å². The largest absolute Gasteiger partial charge is 0.303 e. The van der Waals surface area contributed by atoms with Crippen LogP contribution in [0.4, 0.5) is 0 Å². The van der Waals surface area contributed by atoms with E-state index in [1.165, 1.54) is 24.1 Å². The summed E-state index contributed by atoms with van der Waals surface area (Å²) in [6, 6.07) is 0.825. The lowest BCUT2D eigenvalue weighted by molar-refractivity contribution is 0.237. The van der Waals surface area contributed by atoms with Gasteiger partial charge in [0, 0.05) is 49.7 Å². The Morgan fingerprint density at radius 1 is 1.32 bits per heavy atom. The number of fused-ring (bicyclic) bond motifs is 1. The maximum atomic E-state index is 4.51. The van der Waals surface area contributed by atoms with Crippen molar-refractivity contribution >= 4 is 0 Å². The zero-order valence-corrected chi connectivity index (χ0v) is 13.3. The lowest BCUT2D eigenvalue weighted by Gasteiger charge is -2.24. The van der Waals surface area contributed by atoms with Crippen LogP contribution in [0.25, 0.3) is 0 Å². The maximum absolute atomic E-state index is 4.51. The first kappa shape index (κ1) is 13.9. The SMILES string of the molecule is CN(C)[C@@H]1CN(Cc2cnn3c2CCC3)C[C@@H]1n1ccnn1. The summed E-state index contributed by atoms with van der Waals surface area (Å²) in [4.78, 5) is 4.82. The van der Waals surface area contributed by atoms with Gasteiger partial charge in [0.25, 0.3) is 0 Å². The average molecular weight is 301 g/mol. The molecule has 0 N–H and O–H groups in total. The quantitative estimate of drug-likeness (QED) is 0.818. The monoisotopic (exact) mass is 301 g/mol. The second-order valence-electron chi connectivity index (χ2n) is 6.62. The van der Waals surface area contributed by atoms with E-state index >= 15 is 0 Å². The minimum Gasteiger partial charge on any atom is -0.303 e. The Morgan fingerprint density at radius 2 is 2.23 bits per heavy atom. The first-order chi connectivity index (χ1) is 10.7. The molecule has 22 heavy (non-hydrogen) atoms. The highest BCUT2D eigenvalue weighted by Gasteiger charge is 2.36. The fourth-order valence-electron chi connectivity index (χ4n) is 3.84. The van der Waals surface area contributed by atoms with Crippen LogP contribution < -0.4 is 0 Å². The van der Waals surface area contributed by atoms with Crippen molar-refractivity contribution in [2.75, 3.05) is 27.2 Å². The highest BCUT2D eigenvalue weighted by Crippen LogP contribution is 2.27. The number of hydrogen-bond donors (Lipinski definition) is 0. The van der Waals surface area contributed by atoms with Crippen molar-refractivity contribution < 1.29 is 0 Å². The summed E-state index contributed by atoms with van der Waals surface area (Å²) in [7, 11) is 4.30. The van der Waals surface area contributed by atoms with E-state index in [9.17, 15) is 0 Å². The van der Waals surface area contributed by atoms with Crippen molar-refractivity contribution in [3.05, 3.63) is 29.8 Å². The third-order valence-electron chi connectivity index (χ3n) is 4.99. The van der Waals surface area contributed by atoms with Crippen LogP contribution in [-0.2, 0) is 19.5 Å². The summed E-state index contributed by atoms with van der Waals surface area (Å²) in [5, 5.41) is 12.7. The van der Waals surface area contributed by atoms with Gasteiger partial charge in [0.15, 0.2) is 0 Å². The van der Waals surface area contributed by atoms with Gasteiger partial charge in [-0.2, -0.15) is 5.10 Å². The molecule has 0 unspecified atom stereocenters. The van der Waals surface area contributed by atoms with Gasteiger partial charge in [-0.15, -0.1) is 5.10 Å². The van der Waals surface area contributed by atoms with E-state index in [1.807, 2.05) is 10.9 Å². The number of likely N-dealkylation sites (N-methyl/N-ethyl adjacent to an activating group) is 1. The first-order valence-corrected chi connectivity index (χ1v) is 8.00. The van der Waals surface area contributed by atoms with Gasteiger partial charge in [-0.1, -0.05) is 5.21 Å². The Kier molecular flexibility index (Phi) is 3.46. The third-order valence-corrected chi connectivity index (χ3v) is 4.99. The van der Waals surface area contributed by atoms with Gasteiger partial charge in [0.2, 0.25) is 0 Å². The summed E-state index contributed by atoms with van der Waals surface area (Å²) in [6.45, 7) is 4.14. The average Bonchev–Trinajstić information content (AvgIpc) is 3.24. The molecule has 0 spiro atoms. The number of aryl methyl sites for hydroxylation is 1. The van der Waals surface area contributed by atoms with Crippen molar-refractivity contribution in [1.82, 2.24) is 34.6 Å². The number of nitrogens with zero attached hydrogens (tertiary/aromatic N) is 7. The molecule has 2 aliphatic heterocycles. The second-order valence-corrected chi connectivity index (χ2v) is 6.62. The van der Waals surface area contributed by atoms with Crippen LogP contribution in [0.2, 0.25) is 0 Å². The Labute approximate surface area is 130 Å². The zero-order chi connectivity index (χ0) is 15.1. The van der Waals surface area contributed by atoms with Crippen LogP contribution in [0.15, 0.2) is 18.6 Å².